The summed E-state index contributed by atoms with van der Waals surface area (Å²) in [7, 11) is 0. The number of ether oxygens (including phenoxy) is 1. The Morgan fingerprint density at radius 3 is 2.37 bits per heavy atom. The summed E-state index contributed by atoms with van der Waals surface area (Å²) >= 11 is 3.46. The van der Waals surface area contributed by atoms with Gasteiger partial charge in [0, 0.05) is 17.1 Å². The van der Waals surface area contributed by atoms with Gasteiger partial charge in [0.2, 0.25) is 5.91 Å². The van der Waals surface area contributed by atoms with Gasteiger partial charge in [0.1, 0.15) is 11.8 Å². The van der Waals surface area contributed by atoms with Gasteiger partial charge in [-0.25, -0.2) is 0 Å². The van der Waals surface area contributed by atoms with E-state index in [1.807, 2.05) is 64.1 Å². The number of amides is 2. The van der Waals surface area contributed by atoms with Crippen LogP contribution in [0.25, 0.3) is 0 Å². The van der Waals surface area contributed by atoms with Crippen LogP contribution in [-0.2, 0) is 16.1 Å². The van der Waals surface area contributed by atoms with E-state index in [1.165, 1.54) is 0 Å². The molecule has 0 unspecified atom stereocenters. The average molecular weight is 475 g/mol. The number of carbonyl (C=O) groups is 2. The maximum Gasteiger partial charge on any atom is 0.261 e. The summed E-state index contributed by atoms with van der Waals surface area (Å²) in [6.45, 7) is 9.89. The van der Waals surface area contributed by atoms with E-state index in [1.54, 1.807) is 11.8 Å². The van der Waals surface area contributed by atoms with Crippen molar-refractivity contribution < 1.29 is 14.3 Å². The Balaban J connectivity index is 2.17. The molecule has 0 spiro atoms. The van der Waals surface area contributed by atoms with E-state index in [4.69, 9.17) is 4.74 Å². The fraction of sp³-hybridized carbons (Fsp3) is 0.417. The monoisotopic (exact) mass is 474 g/mol. The maximum absolute atomic E-state index is 13.1. The molecule has 2 aromatic carbocycles. The lowest BCUT2D eigenvalue weighted by atomic mass is 10.1. The highest BCUT2D eigenvalue weighted by Gasteiger charge is 2.27. The summed E-state index contributed by atoms with van der Waals surface area (Å²) in [5.74, 6) is 0.250. The van der Waals surface area contributed by atoms with Gasteiger partial charge in [-0.15, -0.1) is 0 Å². The van der Waals surface area contributed by atoms with Crippen molar-refractivity contribution >= 4 is 27.7 Å². The van der Waals surface area contributed by atoms with Crippen molar-refractivity contribution in [2.75, 3.05) is 6.61 Å². The molecular formula is C24H31BrN2O3. The number of halogens is 1. The second-order valence-electron chi connectivity index (χ2n) is 7.76. The number of rotatable bonds is 9. The third kappa shape index (κ3) is 7.17. The van der Waals surface area contributed by atoms with Gasteiger partial charge >= 0.3 is 0 Å². The second kappa shape index (κ2) is 11.2. The quantitative estimate of drug-likeness (QED) is 0.568. The van der Waals surface area contributed by atoms with Crippen LogP contribution in [0.5, 0.6) is 5.75 Å². The molecule has 0 aliphatic carbocycles. The van der Waals surface area contributed by atoms with Crippen molar-refractivity contribution in [3.05, 3.63) is 63.6 Å². The fourth-order valence-electron chi connectivity index (χ4n) is 3.12. The summed E-state index contributed by atoms with van der Waals surface area (Å²) in [6, 6.07) is 13.0. The molecule has 0 heterocycles. The topological polar surface area (TPSA) is 58.6 Å². The smallest absolute Gasteiger partial charge is 0.261 e. The van der Waals surface area contributed by atoms with Crippen LogP contribution in [0.3, 0.4) is 0 Å². The van der Waals surface area contributed by atoms with Crippen molar-refractivity contribution in [3.8, 4) is 5.75 Å². The van der Waals surface area contributed by atoms with E-state index in [0.29, 0.717) is 12.3 Å². The minimum Gasteiger partial charge on any atom is -0.484 e. The van der Waals surface area contributed by atoms with Crippen LogP contribution in [0.2, 0.25) is 0 Å². The predicted octanol–water partition coefficient (Wildman–Crippen LogP) is 4.78. The number of hydrogen-bond donors (Lipinski definition) is 1. The first-order valence-corrected chi connectivity index (χ1v) is 11.0. The third-order valence-electron chi connectivity index (χ3n) is 4.97. The molecule has 0 aromatic heterocycles. The highest BCUT2D eigenvalue weighted by atomic mass is 79.9. The van der Waals surface area contributed by atoms with Crippen LogP contribution in [0, 0.1) is 13.8 Å². The van der Waals surface area contributed by atoms with E-state index in [2.05, 4.69) is 27.3 Å². The summed E-state index contributed by atoms with van der Waals surface area (Å²) < 4.78 is 6.70. The number of benzene rings is 2. The summed E-state index contributed by atoms with van der Waals surface area (Å²) in [5.41, 5.74) is 3.08. The minimum atomic E-state index is -0.617. The molecule has 1 N–H and O–H groups in total. The molecule has 162 valence electrons. The van der Waals surface area contributed by atoms with Gasteiger partial charge in [-0.05, 0) is 75.1 Å². The van der Waals surface area contributed by atoms with Crippen molar-refractivity contribution in [1.29, 1.82) is 0 Å². The molecule has 2 aromatic rings. The lowest BCUT2D eigenvalue weighted by Crippen LogP contribution is -2.50. The SMILES string of the molecule is CC[C@H](C)NC(=O)[C@H](C)N(Cc1cccc(Br)c1)C(=O)COc1cc(C)cc(C)c1. The molecule has 6 heteroatoms. The Labute approximate surface area is 187 Å². The van der Waals surface area contributed by atoms with Gasteiger partial charge in [-0.2, -0.15) is 0 Å². The molecule has 2 atom stereocenters. The zero-order valence-corrected chi connectivity index (χ0v) is 20.0. The number of hydrogen-bond acceptors (Lipinski definition) is 3. The highest BCUT2D eigenvalue weighted by Crippen LogP contribution is 2.18. The fourth-order valence-corrected chi connectivity index (χ4v) is 3.57. The number of nitrogens with zero attached hydrogens (tertiary/aromatic N) is 1. The average Bonchev–Trinajstić information content (AvgIpc) is 2.69. The number of nitrogens with one attached hydrogen (secondary N) is 1. The molecule has 5 nitrogen and oxygen atoms in total. The first kappa shape index (κ1) is 23.9. The summed E-state index contributed by atoms with van der Waals surface area (Å²) in [6.07, 6.45) is 0.827. The zero-order valence-electron chi connectivity index (χ0n) is 18.4. The molecular weight excluding hydrogens is 444 g/mol. The van der Waals surface area contributed by atoms with E-state index in [9.17, 15) is 9.59 Å². The molecule has 2 amide bonds. The number of carbonyl (C=O) groups excluding carboxylic acids is 2. The van der Waals surface area contributed by atoms with Crippen LogP contribution in [0.1, 0.15) is 43.9 Å². The molecule has 0 saturated carbocycles. The van der Waals surface area contributed by atoms with Crippen molar-refractivity contribution in [3.63, 3.8) is 0 Å². The Kier molecular flexibility index (Phi) is 8.90. The molecule has 0 fully saturated rings. The van der Waals surface area contributed by atoms with Gasteiger partial charge in [-0.1, -0.05) is 41.1 Å². The molecule has 0 aliphatic heterocycles. The van der Waals surface area contributed by atoms with Gasteiger partial charge < -0.3 is 15.0 Å². The number of aryl methyl sites for hydroxylation is 2. The van der Waals surface area contributed by atoms with Crippen LogP contribution in [0.15, 0.2) is 46.9 Å². The zero-order chi connectivity index (χ0) is 22.3. The summed E-state index contributed by atoms with van der Waals surface area (Å²) in [5, 5.41) is 2.97. The Morgan fingerprint density at radius 2 is 1.77 bits per heavy atom. The predicted molar refractivity (Wildman–Crippen MR) is 123 cm³/mol. The van der Waals surface area contributed by atoms with E-state index in [-0.39, 0.29) is 24.5 Å². The largest absolute Gasteiger partial charge is 0.484 e. The van der Waals surface area contributed by atoms with E-state index >= 15 is 0 Å². The van der Waals surface area contributed by atoms with Crippen molar-refractivity contribution in [2.45, 2.75) is 59.7 Å². The van der Waals surface area contributed by atoms with Crippen LogP contribution in [-0.4, -0.2) is 35.4 Å². The third-order valence-corrected chi connectivity index (χ3v) is 5.46. The van der Waals surface area contributed by atoms with Crippen molar-refractivity contribution in [2.24, 2.45) is 0 Å². The lowest BCUT2D eigenvalue weighted by Gasteiger charge is -2.29. The Morgan fingerprint density at radius 1 is 1.10 bits per heavy atom. The Bertz CT molecular complexity index is 864. The maximum atomic E-state index is 13.1. The molecule has 0 aliphatic rings. The molecule has 30 heavy (non-hydrogen) atoms. The summed E-state index contributed by atoms with van der Waals surface area (Å²) in [4.78, 5) is 27.4. The van der Waals surface area contributed by atoms with Crippen LogP contribution in [0.4, 0.5) is 0 Å². The molecule has 0 saturated heterocycles. The van der Waals surface area contributed by atoms with Gasteiger partial charge in [0.05, 0.1) is 0 Å². The van der Waals surface area contributed by atoms with Gasteiger partial charge in [0.25, 0.3) is 5.91 Å². The van der Waals surface area contributed by atoms with E-state index < -0.39 is 6.04 Å². The normalized spacial score (nSPS) is 12.7. The van der Waals surface area contributed by atoms with Gasteiger partial charge in [0.15, 0.2) is 6.61 Å². The van der Waals surface area contributed by atoms with Gasteiger partial charge in [-0.3, -0.25) is 9.59 Å². The first-order chi connectivity index (χ1) is 14.2. The molecule has 2 rings (SSSR count). The van der Waals surface area contributed by atoms with Crippen molar-refractivity contribution in [1.82, 2.24) is 10.2 Å². The second-order valence-corrected chi connectivity index (χ2v) is 8.67. The highest BCUT2D eigenvalue weighted by molar-refractivity contribution is 9.10. The molecule has 0 bridgehead atoms. The van der Waals surface area contributed by atoms with Crippen LogP contribution >= 0.6 is 15.9 Å². The van der Waals surface area contributed by atoms with Crippen LogP contribution < -0.4 is 10.1 Å². The Hall–Kier alpha value is -2.34. The van der Waals surface area contributed by atoms with E-state index in [0.717, 1.165) is 27.6 Å². The minimum absolute atomic E-state index is 0.0503. The lowest BCUT2D eigenvalue weighted by molar-refractivity contribution is -0.142. The molecule has 0 radical (unpaired) electrons. The standard InChI is InChI=1S/C24H31BrN2O3/c1-6-18(4)26-24(29)19(5)27(14-20-8-7-9-21(25)13-20)23(28)15-30-22-11-16(2)10-17(3)12-22/h7-13,18-19H,6,14-15H2,1-5H3,(H,26,29)/t18-,19-/m0/s1. The first-order valence-electron chi connectivity index (χ1n) is 10.2.